The Morgan fingerprint density at radius 1 is 1.19 bits per heavy atom. The van der Waals surface area contributed by atoms with E-state index >= 15 is 0 Å². The minimum absolute atomic E-state index is 0.0483. The topological polar surface area (TPSA) is 62.5 Å². The van der Waals surface area contributed by atoms with Crippen LogP contribution in [0.5, 0.6) is 0 Å². The lowest BCUT2D eigenvalue weighted by atomic mass is 10.1. The van der Waals surface area contributed by atoms with E-state index in [1.165, 1.54) is 12.8 Å². The van der Waals surface area contributed by atoms with Gasteiger partial charge in [-0.1, -0.05) is 12.8 Å². The fourth-order valence-corrected chi connectivity index (χ4v) is 3.09. The number of likely N-dealkylation sites (tertiary alicyclic amines) is 1. The van der Waals surface area contributed by atoms with Gasteiger partial charge in [-0.15, -0.1) is 0 Å². The third kappa shape index (κ3) is 3.46. The van der Waals surface area contributed by atoms with Crippen molar-refractivity contribution in [2.24, 2.45) is 0 Å². The van der Waals surface area contributed by atoms with Gasteiger partial charge in [0.25, 0.3) is 0 Å². The van der Waals surface area contributed by atoms with Crippen molar-refractivity contribution in [3.63, 3.8) is 0 Å². The van der Waals surface area contributed by atoms with E-state index in [-0.39, 0.29) is 12.3 Å². The predicted octanol–water partition coefficient (Wildman–Crippen LogP) is 2.46. The second kappa shape index (κ2) is 6.78. The van der Waals surface area contributed by atoms with Crippen LogP contribution in [0.3, 0.4) is 0 Å². The van der Waals surface area contributed by atoms with E-state index in [0.717, 1.165) is 31.5 Å². The number of hydrogen-bond donors (Lipinski definition) is 1. The predicted molar refractivity (Wildman–Crippen MR) is 80.6 cm³/mol. The zero-order chi connectivity index (χ0) is 15.4. The Morgan fingerprint density at radius 2 is 1.81 bits per heavy atom. The summed E-state index contributed by atoms with van der Waals surface area (Å²) >= 11 is 0. The number of hydrogen-bond acceptors (Lipinski definition) is 2. The highest BCUT2D eigenvalue weighted by Gasteiger charge is 2.23. The molecule has 0 atom stereocenters. The lowest BCUT2D eigenvalue weighted by Crippen LogP contribution is -2.34. The van der Waals surface area contributed by atoms with Gasteiger partial charge in [-0.2, -0.15) is 0 Å². The zero-order valence-corrected chi connectivity index (χ0v) is 12.9. The quantitative estimate of drug-likeness (QED) is 0.927. The molecule has 1 aliphatic heterocycles. The van der Waals surface area contributed by atoms with Crippen LogP contribution >= 0.6 is 0 Å². The number of nitrogens with zero attached hydrogens (tertiary/aromatic N) is 2. The first kappa shape index (κ1) is 15.6. The van der Waals surface area contributed by atoms with Crippen LogP contribution < -0.4 is 0 Å². The first-order valence-electron chi connectivity index (χ1n) is 7.74. The molecule has 0 unspecified atom stereocenters. The molecule has 0 aliphatic carbocycles. The number of carbonyl (C=O) groups is 2. The number of aromatic carboxylic acids is 1. The van der Waals surface area contributed by atoms with Gasteiger partial charge in [0.15, 0.2) is 0 Å². The van der Waals surface area contributed by atoms with Crippen LogP contribution in [0.1, 0.15) is 54.2 Å². The fourth-order valence-electron chi connectivity index (χ4n) is 3.09. The third-order valence-electron chi connectivity index (χ3n) is 4.21. The van der Waals surface area contributed by atoms with Crippen LogP contribution in [-0.4, -0.2) is 39.5 Å². The molecule has 0 radical (unpaired) electrons. The minimum atomic E-state index is -0.946. The molecule has 1 aromatic rings. The smallest absolute Gasteiger partial charge is 0.337 e. The van der Waals surface area contributed by atoms with Crippen molar-refractivity contribution in [3.05, 3.63) is 23.0 Å². The highest BCUT2D eigenvalue weighted by molar-refractivity contribution is 5.93. The average Bonchev–Trinajstić information content (AvgIpc) is 2.64. The number of carboxylic acid groups (broad SMARTS) is 1. The van der Waals surface area contributed by atoms with Crippen LogP contribution in [0.15, 0.2) is 6.20 Å². The molecule has 5 nitrogen and oxygen atoms in total. The number of carbonyl (C=O) groups excluding carboxylic acids is 1. The molecule has 2 heterocycles. The van der Waals surface area contributed by atoms with E-state index in [1.807, 2.05) is 22.6 Å². The number of rotatable bonds is 4. The van der Waals surface area contributed by atoms with Crippen LogP contribution in [0.4, 0.5) is 0 Å². The number of aromatic nitrogens is 1. The Bertz CT molecular complexity index is 526. The van der Waals surface area contributed by atoms with Crippen molar-refractivity contribution in [3.8, 4) is 0 Å². The lowest BCUT2D eigenvalue weighted by Gasteiger charge is -2.21. The second-order valence-electron chi connectivity index (χ2n) is 5.70. The lowest BCUT2D eigenvalue weighted by molar-refractivity contribution is -0.130. The maximum atomic E-state index is 12.5. The number of carboxylic acids is 1. The molecule has 0 spiro atoms. The molecule has 0 saturated carbocycles. The number of amides is 1. The molecule has 1 saturated heterocycles. The van der Waals surface area contributed by atoms with Crippen molar-refractivity contribution in [1.82, 2.24) is 9.47 Å². The Morgan fingerprint density at radius 3 is 2.33 bits per heavy atom. The van der Waals surface area contributed by atoms with Gasteiger partial charge in [0.2, 0.25) is 5.91 Å². The molecule has 0 bridgehead atoms. The first-order chi connectivity index (χ1) is 10.0. The van der Waals surface area contributed by atoms with Crippen molar-refractivity contribution in [1.29, 1.82) is 0 Å². The molecular formula is C16H24N2O3. The summed E-state index contributed by atoms with van der Waals surface area (Å²) in [7, 11) is 0. The van der Waals surface area contributed by atoms with Gasteiger partial charge in [0.05, 0.1) is 12.0 Å². The van der Waals surface area contributed by atoms with Crippen molar-refractivity contribution >= 4 is 11.9 Å². The van der Waals surface area contributed by atoms with E-state index in [0.29, 0.717) is 17.8 Å². The molecule has 1 aromatic heterocycles. The van der Waals surface area contributed by atoms with Crippen LogP contribution in [0.25, 0.3) is 0 Å². The standard InChI is InChI=1S/C16H24N2O3/c1-3-17-11-12(2)15(16(20)21)13(17)10-14(19)18-8-6-4-5-7-9-18/h11H,3-10H2,1-2H3,(H,20,21). The molecule has 21 heavy (non-hydrogen) atoms. The minimum Gasteiger partial charge on any atom is -0.478 e. The summed E-state index contributed by atoms with van der Waals surface area (Å²) in [4.78, 5) is 25.8. The highest BCUT2D eigenvalue weighted by atomic mass is 16.4. The van der Waals surface area contributed by atoms with Crippen molar-refractivity contribution < 1.29 is 14.7 Å². The summed E-state index contributed by atoms with van der Waals surface area (Å²) in [6.07, 6.45) is 6.46. The summed E-state index contributed by atoms with van der Waals surface area (Å²) in [6.45, 7) is 6.03. The summed E-state index contributed by atoms with van der Waals surface area (Å²) in [6, 6.07) is 0. The Kier molecular flexibility index (Phi) is 5.04. The van der Waals surface area contributed by atoms with Gasteiger partial charge in [-0.3, -0.25) is 4.79 Å². The summed E-state index contributed by atoms with van der Waals surface area (Å²) in [5, 5.41) is 9.39. The van der Waals surface area contributed by atoms with Gasteiger partial charge < -0.3 is 14.6 Å². The SMILES string of the molecule is CCn1cc(C)c(C(=O)O)c1CC(=O)N1CCCCCC1. The Balaban J connectivity index is 2.21. The Labute approximate surface area is 125 Å². The molecule has 1 fully saturated rings. The Hall–Kier alpha value is -1.78. The molecule has 0 aromatic carbocycles. The third-order valence-corrected chi connectivity index (χ3v) is 4.21. The van der Waals surface area contributed by atoms with E-state index in [1.54, 1.807) is 6.92 Å². The number of aryl methyl sites for hydroxylation is 2. The van der Waals surface area contributed by atoms with Gasteiger partial charge in [-0.25, -0.2) is 4.79 Å². The van der Waals surface area contributed by atoms with Gasteiger partial charge in [0.1, 0.15) is 0 Å². The molecule has 1 N–H and O–H groups in total. The van der Waals surface area contributed by atoms with Crippen molar-refractivity contribution in [2.75, 3.05) is 13.1 Å². The second-order valence-corrected chi connectivity index (χ2v) is 5.70. The maximum Gasteiger partial charge on any atom is 0.337 e. The average molecular weight is 292 g/mol. The van der Waals surface area contributed by atoms with E-state index in [9.17, 15) is 14.7 Å². The monoisotopic (exact) mass is 292 g/mol. The van der Waals surface area contributed by atoms with Crippen molar-refractivity contribution in [2.45, 2.75) is 52.5 Å². The van der Waals surface area contributed by atoms with E-state index in [4.69, 9.17) is 0 Å². The van der Waals surface area contributed by atoms with Gasteiger partial charge in [0, 0.05) is 31.5 Å². The van der Waals surface area contributed by atoms with Crippen LogP contribution in [-0.2, 0) is 17.8 Å². The summed E-state index contributed by atoms with van der Waals surface area (Å²) in [5.74, 6) is -0.898. The summed E-state index contributed by atoms with van der Waals surface area (Å²) in [5.41, 5.74) is 1.65. The summed E-state index contributed by atoms with van der Waals surface area (Å²) < 4.78 is 1.88. The van der Waals surface area contributed by atoms with Gasteiger partial charge >= 0.3 is 5.97 Å². The molecule has 1 aliphatic rings. The molecule has 2 rings (SSSR count). The van der Waals surface area contributed by atoms with Crippen LogP contribution in [0.2, 0.25) is 0 Å². The van der Waals surface area contributed by atoms with E-state index < -0.39 is 5.97 Å². The van der Waals surface area contributed by atoms with E-state index in [2.05, 4.69) is 0 Å². The largest absolute Gasteiger partial charge is 0.478 e. The maximum absolute atomic E-state index is 12.5. The van der Waals surface area contributed by atoms with Gasteiger partial charge in [-0.05, 0) is 32.3 Å². The molecule has 116 valence electrons. The highest BCUT2D eigenvalue weighted by Crippen LogP contribution is 2.20. The van der Waals surface area contributed by atoms with Crippen LogP contribution in [0, 0.1) is 6.92 Å². The molecule has 1 amide bonds. The first-order valence-corrected chi connectivity index (χ1v) is 7.74. The zero-order valence-electron chi connectivity index (χ0n) is 12.9. The fraction of sp³-hybridized carbons (Fsp3) is 0.625. The normalized spacial score (nSPS) is 15.8. The molecule has 5 heteroatoms. The molecular weight excluding hydrogens is 268 g/mol.